The zero-order valence-corrected chi connectivity index (χ0v) is 10.3. The molecule has 1 atom stereocenters. The van der Waals surface area contributed by atoms with Crippen LogP contribution in [0.5, 0.6) is 0 Å². The van der Waals surface area contributed by atoms with Crippen LogP contribution >= 0.6 is 12.4 Å². The molecule has 1 saturated heterocycles. The van der Waals surface area contributed by atoms with Crippen LogP contribution in [-0.4, -0.2) is 38.9 Å². The number of halogens is 1. The summed E-state index contributed by atoms with van der Waals surface area (Å²) in [6.45, 7) is 2.56. The molecule has 3 saturated carbocycles. The van der Waals surface area contributed by atoms with E-state index in [1.54, 1.807) is 0 Å². The highest BCUT2D eigenvalue weighted by Crippen LogP contribution is 2.75. The van der Waals surface area contributed by atoms with Gasteiger partial charge in [-0.1, -0.05) is 0 Å². The van der Waals surface area contributed by atoms with Crippen LogP contribution in [0.15, 0.2) is 0 Å². The van der Waals surface area contributed by atoms with Gasteiger partial charge in [-0.15, -0.1) is 12.4 Å². The van der Waals surface area contributed by atoms with E-state index in [1.807, 2.05) is 0 Å². The second-order valence-corrected chi connectivity index (χ2v) is 5.25. The summed E-state index contributed by atoms with van der Waals surface area (Å²) in [6.07, 6.45) is 2.98. The van der Waals surface area contributed by atoms with E-state index in [9.17, 15) is 4.79 Å². The average molecular weight is 248 g/mol. The highest BCUT2D eigenvalue weighted by atomic mass is 35.5. The second kappa shape index (κ2) is 3.86. The van der Waals surface area contributed by atoms with Gasteiger partial charge in [-0.05, 0) is 24.7 Å². The minimum Gasteiger partial charge on any atom is -0.469 e. The maximum absolute atomic E-state index is 11.5. The van der Waals surface area contributed by atoms with E-state index < -0.39 is 0 Å². The standard InChI is InChI=1S/C11H17NO3.ClH/c1-14-9(13)11-5-10(6-11,7-11)8-4-15-3-2-12-8;/h8,12H,2-7H2,1H3;1H. The highest BCUT2D eigenvalue weighted by Gasteiger charge is 2.74. The number of carbonyl (C=O) groups excluding carboxylic acids is 1. The van der Waals surface area contributed by atoms with E-state index in [1.165, 1.54) is 7.11 Å². The third kappa shape index (κ3) is 1.40. The first-order valence-electron chi connectivity index (χ1n) is 5.60. The van der Waals surface area contributed by atoms with Crippen LogP contribution in [0, 0.1) is 10.8 Å². The molecule has 0 spiro atoms. The summed E-state index contributed by atoms with van der Waals surface area (Å²) < 4.78 is 10.3. The first kappa shape index (κ1) is 12.1. The highest BCUT2D eigenvalue weighted by molar-refractivity contribution is 5.85. The van der Waals surface area contributed by atoms with Crippen LogP contribution < -0.4 is 5.32 Å². The summed E-state index contributed by atoms with van der Waals surface area (Å²) in [6, 6.07) is 0.456. The summed E-state index contributed by atoms with van der Waals surface area (Å²) in [5, 5.41) is 3.50. The fourth-order valence-electron chi connectivity index (χ4n) is 3.63. The Hall–Kier alpha value is -0.320. The molecule has 1 heterocycles. The largest absolute Gasteiger partial charge is 0.469 e. The van der Waals surface area contributed by atoms with Crippen molar-refractivity contribution in [1.29, 1.82) is 0 Å². The monoisotopic (exact) mass is 247 g/mol. The first-order valence-corrected chi connectivity index (χ1v) is 5.60. The molecule has 1 aliphatic heterocycles. The van der Waals surface area contributed by atoms with Crippen LogP contribution in [0.2, 0.25) is 0 Å². The maximum Gasteiger partial charge on any atom is 0.311 e. The van der Waals surface area contributed by atoms with Crippen LogP contribution in [0.4, 0.5) is 0 Å². The van der Waals surface area contributed by atoms with E-state index in [4.69, 9.17) is 9.47 Å². The molecule has 4 rings (SSSR count). The van der Waals surface area contributed by atoms with Crippen LogP contribution in [0.1, 0.15) is 19.3 Å². The summed E-state index contributed by atoms with van der Waals surface area (Å²) in [5.41, 5.74) is 0.225. The Morgan fingerprint density at radius 2 is 2.12 bits per heavy atom. The summed E-state index contributed by atoms with van der Waals surface area (Å²) in [7, 11) is 1.48. The minimum atomic E-state index is -0.117. The zero-order valence-electron chi connectivity index (χ0n) is 9.45. The van der Waals surface area contributed by atoms with Crippen LogP contribution in [0.3, 0.4) is 0 Å². The van der Waals surface area contributed by atoms with Crippen molar-refractivity contribution in [3.8, 4) is 0 Å². The van der Waals surface area contributed by atoms with Crippen molar-refractivity contribution in [2.75, 3.05) is 26.9 Å². The van der Waals surface area contributed by atoms with Crippen molar-refractivity contribution < 1.29 is 14.3 Å². The van der Waals surface area contributed by atoms with Crippen molar-refractivity contribution in [2.45, 2.75) is 25.3 Å². The lowest BCUT2D eigenvalue weighted by Gasteiger charge is -2.71. The van der Waals surface area contributed by atoms with Gasteiger partial charge in [0.2, 0.25) is 0 Å². The Bertz CT molecular complexity index is 282. The number of esters is 1. The lowest BCUT2D eigenvalue weighted by atomic mass is 9.33. The molecule has 0 aromatic heterocycles. The Balaban J connectivity index is 0.000000963. The minimum absolute atomic E-state index is 0. The van der Waals surface area contributed by atoms with Gasteiger partial charge < -0.3 is 14.8 Å². The molecular formula is C11H18ClNO3. The second-order valence-electron chi connectivity index (χ2n) is 5.25. The third-order valence-corrected chi connectivity index (χ3v) is 4.35. The fraction of sp³-hybridized carbons (Fsp3) is 0.909. The van der Waals surface area contributed by atoms with Crippen molar-refractivity contribution >= 4 is 18.4 Å². The molecule has 1 unspecified atom stereocenters. The smallest absolute Gasteiger partial charge is 0.311 e. The van der Waals surface area contributed by atoms with Gasteiger partial charge in [0.1, 0.15) is 0 Å². The van der Waals surface area contributed by atoms with Crippen molar-refractivity contribution in [3.05, 3.63) is 0 Å². The van der Waals surface area contributed by atoms with Gasteiger partial charge in [-0.3, -0.25) is 4.79 Å². The molecule has 3 aliphatic carbocycles. The normalized spacial score (nSPS) is 44.7. The van der Waals surface area contributed by atoms with Crippen molar-refractivity contribution in [2.24, 2.45) is 10.8 Å². The zero-order chi connectivity index (χ0) is 10.5. The SMILES string of the molecule is COC(=O)C12CC(C3COCCN3)(C1)C2.Cl. The number of carbonyl (C=O) groups is 1. The number of nitrogens with one attached hydrogen (secondary N) is 1. The molecule has 5 heteroatoms. The summed E-state index contributed by atoms with van der Waals surface area (Å²) in [4.78, 5) is 11.5. The molecule has 4 nitrogen and oxygen atoms in total. The summed E-state index contributed by atoms with van der Waals surface area (Å²) >= 11 is 0. The van der Waals surface area contributed by atoms with Crippen LogP contribution in [-0.2, 0) is 14.3 Å². The van der Waals surface area contributed by atoms with E-state index in [0.717, 1.165) is 39.0 Å². The molecule has 4 aliphatic rings. The lowest BCUT2D eigenvalue weighted by molar-refractivity contribution is -0.242. The average Bonchev–Trinajstić information content (AvgIpc) is 2.15. The number of ether oxygens (including phenoxy) is 2. The topological polar surface area (TPSA) is 47.6 Å². The third-order valence-electron chi connectivity index (χ3n) is 4.35. The van der Waals surface area contributed by atoms with Gasteiger partial charge in [0.25, 0.3) is 0 Å². The Morgan fingerprint density at radius 1 is 1.44 bits per heavy atom. The number of methoxy groups -OCH3 is 1. The quantitative estimate of drug-likeness (QED) is 0.732. The van der Waals surface area contributed by atoms with Crippen LogP contribution in [0.25, 0.3) is 0 Å². The van der Waals surface area contributed by atoms with E-state index in [0.29, 0.717) is 11.5 Å². The Kier molecular flexibility index (Phi) is 2.93. The van der Waals surface area contributed by atoms with Crippen molar-refractivity contribution in [3.63, 3.8) is 0 Å². The molecule has 0 aromatic rings. The molecule has 16 heavy (non-hydrogen) atoms. The van der Waals surface area contributed by atoms with Gasteiger partial charge in [0.05, 0.1) is 25.7 Å². The fourth-order valence-corrected chi connectivity index (χ4v) is 3.63. The number of rotatable bonds is 2. The predicted molar refractivity (Wildman–Crippen MR) is 60.6 cm³/mol. The molecule has 1 N–H and O–H groups in total. The molecule has 2 bridgehead atoms. The number of hydrogen-bond acceptors (Lipinski definition) is 4. The van der Waals surface area contributed by atoms with Crippen molar-refractivity contribution in [1.82, 2.24) is 5.32 Å². The van der Waals surface area contributed by atoms with Gasteiger partial charge in [0.15, 0.2) is 0 Å². The Labute approximate surface area is 101 Å². The predicted octanol–water partition coefficient (Wildman–Crippen LogP) is 0.740. The van der Waals surface area contributed by atoms with E-state index >= 15 is 0 Å². The molecule has 0 radical (unpaired) electrons. The van der Waals surface area contributed by atoms with E-state index in [-0.39, 0.29) is 23.8 Å². The van der Waals surface area contributed by atoms with Gasteiger partial charge >= 0.3 is 5.97 Å². The number of hydrogen-bond donors (Lipinski definition) is 1. The molecule has 0 aromatic carbocycles. The molecular weight excluding hydrogens is 230 g/mol. The van der Waals surface area contributed by atoms with Gasteiger partial charge in [0, 0.05) is 12.6 Å². The summed E-state index contributed by atoms with van der Waals surface area (Å²) in [5.74, 6) is -0.0129. The number of morpholine rings is 1. The van der Waals surface area contributed by atoms with E-state index in [2.05, 4.69) is 5.32 Å². The van der Waals surface area contributed by atoms with Gasteiger partial charge in [-0.2, -0.15) is 0 Å². The van der Waals surface area contributed by atoms with Gasteiger partial charge in [-0.25, -0.2) is 0 Å². The molecule has 4 fully saturated rings. The molecule has 0 amide bonds. The Morgan fingerprint density at radius 3 is 2.62 bits per heavy atom. The first-order chi connectivity index (χ1) is 7.21. The molecule has 92 valence electrons. The maximum atomic E-state index is 11.5. The lowest BCUT2D eigenvalue weighted by Crippen LogP contribution is -2.73.